The summed E-state index contributed by atoms with van der Waals surface area (Å²) < 4.78 is 0. The standard InChI is InChI=1S/C17H15N3O3/c1-2-13-6-5-7-14(12-13)19-17(21)10-11-18-15-8-3-4-9-16(15)20(22)23/h1,3-9,12,18H,10-11H2,(H,19,21). The molecule has 2 rings (SSSR count). The number of para-hydroxylation sites is 2. The van der Waals surface area contributed by atoms with Crippen LogP contribution in [0.5, 0.6) is 0 Å². The molecular formula is C17H15N3O3. The molecule has 0 saturated heterocycles. The minimum Gasteiger partial charge on any atom is -0.379 e. The molecule has 0 aliphatic rings. The van der Waals surface area contributed by atoms with E-state index in [4.69, 9.17) is 6.42 Å². The summed E-state index contributed by atoms with van der Waals surface area (Å²) in [7, 11) is 0. The molecule has 0 aromatic heterocycles. The highest BCUT2D eigenvalue weighted by Gasteiger charge is 2.12. The molecule has 0 unspecified atom stereocenters. The average molecular weight is 309 g/mol. The number of benzene rings is 2. The largest absolute Gasteiger partial charge is 0.379 e. The van der Waals surface area contributed by atoms with E-state index >= 15 is 0 Å². The molecule has 0 spiro atoms. The van der Waals surface area contributed by atoms with Crippen LogP contribution in [0.1, 0.15) is 12.0 Å². The number of nitro groups is 1. The number of rotatable bonds is 6. The SMILES string of the molecule is C#Cc1cccc(NC(=O)CCNc2ccccc2[N+](=O)[O-])c1. The molecule has 0 atom stereocenters. The number of hydrogen-bond acceptors (Lipinski definition) is 4. The highest BCUT2D eigenvalue weighted by atomic mass is 16.6. The molecule has 1 amide bonds. The van der Waals surface area contributed by atoms with Gasteiger partial charge in [0.25, 0.3) is 5.69 Å². The van der Waals surface area contributed by atoms with Crippen LogP contribution in [-0.4, -0.2) is 17.4 Å². The van der Waals surface area contributed by atoms with E-state index in [2.05, 4.69) is 16.6 Å². The van der Waals surface area contributed by atoms with Gasteiger partial charge in [-0.25, -0.2) is 0 Å². The number of carbonyl (C=O) groups is 1. The van der Waals surface area contributed by atoms with Gasteiger partial charge in [-0.1, -0.05) is 24.1 Å². The Balaban J connectivity index is 1.88. The second-order valence-electron chi connectivity index (χ2n) is 4.72. The summed E-state index contributed by atoms with van der Waals surface area (Å²) in [6.45, 7) is 0.283. The molecule has 6 nitrogen and oxygen atoms in total. The smallest absolute Gasteiger partial charge is 0.292 e. The Morgan fingerprint density at radius 2 is 2.00 bits per heavy atom. The van der Waals surface area contributed by atoms with Gasteiger partial charge in [-0.3, -0.25) is 14.9 Å². The molecular weight excluding hydrogens is 294 g/mol. The number of nitrogens with zero attached hydrogens (tertiary/aromatic N) is 1. The van der Waals surface area contributed by atoms with Crippen LogP contribution < -0.4 is 10.6 Å². The maximum Gasteiger partial charge on any atom is 0.292 e. The second-order valence-corrected chi connectivity index (χ2v) is 4.72. The number of anilines is 2. The predicted molar refractivity (Wildman–Crippen MR) is 89.2 cm³/mol. The lowest BCUT2D eigenvalue weighted by molar-refractivity contribution is -0.384. The Morgan fingerprint density at radius 3 is 2.74 bits per heavy atom. The van der Waals surface area contributed by atoms with Gasteiger partial charge in [0.1, 0.15) is 5.69 Å². The lowest BCUT2D eigenvalue weighted by atomic mass is 10.2. The summed E-state index contributed by atoms with van der Waals surface area (Å²) in [5.41, 5.74) is 1.67. The van der Waals surface area contributed by atoms with Gasteiger partial charge >= 0.3 is 0 Å². The van der Waals surface area contributed by atoms with E-state index < -0.39 is 4.92 Å². The highest BCUT2D eigenvalue weighted by molar-refractivity contribution is 5.91. The Kier molecular flexibility index (Phi) is 5.31. The Hall–Kier alpha value is -3.33. The Morgan fingerprint density at radius 1 is 1.22 bits per heavy atom. The van der Waals surface area contributed by atoms with Crippen molar-refractivity contribution < 1.29 is 9.72 Å². The fraction of sp³-hybridized carbons (Fsp3) is 0.118. The molecule has 0 saturated carbocycles. The predicted octanol–water partition coefficient (Wildman–Crippen LogP) is 3.02. The normalized spacial score (nSPS) is 9.70. The minimum atomic E-state index is -0.465. The van der Waals surface area contributed by atoms with Crippen LogP contribution in [-0.2, 0) is 4.79 Å². The summed E-state index contributed by atoms with van der Waals surface area (Å²) in [4.78, 5) is 22.3. The fourth-order valence-corrected chi connectivity index (χ4v) is 2.00. The second kappa shape index (κ2) is 7.61. The highest BCUT2D eigenvalue weighted by Crippen LogP contribution is 2.22. The monoisotopic (exact) mass is 309 g/mol. The molecule has 0 bridgehead atoms. The van der Waals surface area contributed by atoms with Crippen LogP contribution in [0, 0.1) is 22.5 Å². The van der Waals surface area contributed by atoms with Crippen molar-refractivity contribution in [3.63, 3.8) is 0 Å². The van der Waals surface area contributed by atoms with Crippen molar-refractivity contribution in [1.82, 2.24) is 0 Å². The molecule has 2 aromatic carbocycles. The first-order chi connectivity index (χ1) is 11.1. The zero-order chi connectivity index (χ0) is 16.7. The Bertz CT molecular complexity index is 766. The van der Waals surface area contributed by atoms with Crippen LogP contribution in [0.25, 0.3) is 0 Å². The van der Waals surface area contributed by atoms with Crippen LogP contribution in [0.3, 0.4) is 0 Å². The number of terminal acetylenes is 1. The number of carbonyl (C=O) groups excluding carboxylic acids is 1. The summed E-state index contributed by atoms with van der Waals surface area (Å²) in [6, 6.07) is 13.3. The third-order valence-corrected chi connectivity index (χ3v) is 3.08. The van der Waals surface area contributed by atoms with Crippen molar-refractivity contribution in [3.8, 4) is 12.3 Å². The lowest BCUT2D eigenvalue weighted by Crippen LogP contribution is -2.16. The van der Waals surface area contributed by atoms with Gasteiger partial charge in [-0.15, -0.1) is 6.42 Å². The van der Waals surface area contributed by atoms with Crippen molar-refractivity contribution in [1.29, 1.82) is 0 Å². The van der Waals surface area contributed by atoms with E-state index in [9.17, 15) is 14.9 Å². The first kappa shape index (κ1) is 16.0. The van der Waals surface area contributed by atoms with E-state index in [1.165, 1.54) is 6.07 Å². The van der Waals surface area contributed by atoms with Crippen molar-refractivity contribution in [2.45, 2.75) is 6.42 Å². The van der Waals surface area contributed by atoms with E-state index in [1.54, 1.807) is 42.5 Å². The minimum absolute atomic E-state index is 0.0189. The van der Waals surface area contributed by atoms with Crippen molar-refractivity contribution in [2.75, 3.05) is 17.2 Å². The zero-order valence-corrected chi connectivity index (χ0v) is 12.3. The van der Waals surface area contributed by atoms with Crippen molar-refractivity contribution in [3.05, 3.63) is 64.2 Å². The molecule has 6 heteroatoms. The first-order valence-corrected chi connectivity index (χ1v) is 6.94. The van der Waals surface area contributed by atoms with Crippen LogP contribution in [0.2, 0.25) is 0 Å². The first-order valence-electron chi connectivity index (χ1n) is 6.94. The lowest BCUT2D eigenvalue weighted by Gasteiger charge is -2.08. The van der Waals surface area contributed by atoms with Gasteiger partial charge in [-0.05, 0) is 24.3 Å². The third-order valence-electron chi connectivity index (χ3n) is 3.08. The summed E-state index contributed by atoms with van der Waals surface area (Å²) in [5.74, 6) is 2.29. The fourth-order valence-electron chi connectivity index (χ4n) is 2.00. The molecule has 2 N–H and O–H groups in total. The summed E-state index contributed by atoms with van der Waals surface area (Å²) in [5, 5.41) is 16.5. The van der Waals surface area contributed by atoms with Gasteiger partial charge in [0, 0.05) is 30.3 Å². The molecule has 0 heterocycles. The quantitative estimate of drug-likeness (QED) is 0.488. The maximum absolute atomic E-state index is 11.9. The Labute approximate surface area is 133 Å². The average Bonchev–Trinajstić information content (AvgIpc) is 2.55. The van der Waals surface area contributed by atoms with Gasteiger partial charge in [0.05, 0.1) is 4.92 Å². The molecule has 0 fully saturated rings. The topological polar surface area (TPSA) is 84.3 Å². The van der Waals surface area contributed by atoms with Gasteiger partial charge in [0.2, 0.25) is 5.91 Å². The van der Waals surface area contributed by atoms with Crippen LogP contribution >= 0.6 is 0 Å². The number of nitrogens with one attached hydrogen (secondary N) is 2. The maximum atomic E-state index is 11.9. The van der Waals surface area contributed by atoms with Crippen molar-refractivity contribution >= 4 is 23.0 Å². The van der Waals surface area contributed by atoms with Gasteiger partial charge in [0.15, 0.2) is 0 Å². The van der Waals surface area contributed by atoms with Crippen LogP contribution in [0.4, 0.5) is 17.1 Å². The van der Waals surface area contributed by atoms with E-state index in [0.717, 1.165) is 0 Å². The molecule has 23 heavy (non-hydrogen) atoms. The van der Waals surface area contributed by atoms with E-state index in [-0.39, 0.29) is 24.6 Å². The van der Waals surface area contributed by atoms with E-state index in [1.807, 2.05) is 0 Å². The third kappa shape index (κ3) is 4.58. The molecule has 116 valence electrons. The summed E-state index contributed by atoms with van der Waals surface area (Å²) >= 11 is 0. The van der Waals surface area contributed by atoms with E-state index in [0.29, 0.717) is 16.9 Å². The van der Waals surface area contributed by atoms with Crippen molar-refractivity contribution in [2.24, 2.45) is 0 Å². The number of amides is 1. The number of hydrogen-bond donors (Lipinski definition) is 2. The van der Waals surface area contributed by atoms with Gasteiger partial charge in [-0.2, -0.15) is 0 Å². The van der Waals surface area contributed by atoms with Crippen LogP contribution in [0.15, 0.2) is 48.5 Å². The molecule has 2 aromatic rings. The zero-order valence-electron chi connectivity index (χ0n) is 12.3. The van der Waals surface area contributed by atoms with Gasteiger partial charge < -0.3 is 10.6 Å². The molecule has 0 radical (unpaired) electrons. The summed E-state index contributed by atoms with van der Waals surface area (Å²) in [6.07, 6.45) is 5.48. The number of nitro benzene ring substituents is 1. The molecule has 0 aliphatic carbocycles. The molecule has 0 aliphatic heterocycles.